The Morgan fingerprint density at radius 1 is 1.42 bits per heavy atom. The molecule has 1 fully saturated rings. The Balaban J connectivity index is 2.37. The van der Waals surface area contributed by atoms with Gasteiger partial charge in [-0.3, -0.25) is 0 Å². The molecule has 4 heteroatoms. The summed E-state index contributed by atoms with van der Waals surface area (Å²) in [6, 6.07) is 7.46. The standard InChI is InChI=1S/C15H24BrN3/c1-11-4-5-15(14(16)8-11)19-12(2)6-7-18(3)10-13(19)9-17/h4-5,8,12-13H,6-7,9-10,17H2,1-3H3. The first kappa shape index (κ1) is 14.8. The Morgan fingerprint density at radius 2 is 2.16 bits per heavy atom. The lowest BCUT2D eigenvalue weighted by Gasteiger charge is -2.37. The van der Waals surface area contributed by atoms with Gasteiger partial charge in [-0.05, 0) is 67.5 Å². The Kier molecular flexibility index (Phi) is 4.87. The molecule has 2 atom stereocenters. The van der Waals surface area contributed by atoms with E-state index in [4.69, 9.17) is 5.73 Å². The number of nitrogens with two attached hydrogens (primary N) is 1. The van der Waals surface area contributed by atoms with Gasteiger partial charge in [0.2, 0.25) is 0 Å². The van der Waals surface area contributed by atoms with Crippen LogP contribution >= 0.6 is 15.9 Å². The zero-order valence-electron chi connectivity index (χ0n) is 12.1. The van der Waals surface area contributed by atoms with Crippen LogP contribution in [0.2, 0.25) is 0 Å². The lowest BCUT2D eigenvalue weighted by Crippen LogP contribution is -2.48. The maximum atomic E-state index is 6.02. The minimum absolute atomic E-state index is 0.376. The van der Waals surface area contributed by atoms with Crippen molar-refractivity contribution in [3.8, 4) is 0 Å². The largest absolute Gasteiger partial charge is 0.362 e. The first-order chi connectivity index (χ1) is 9.02. The first-order valence-electron chi connectivity index (χ1n) is 6.96. The van der Waals surface area contributed by atoms with Crippen molar-refractivity contribution in [3.63, 3.8) is 0 Å². The van der Waals surface area contributed by atoms with E-state index in [2.05, 4.69) is 64.8 Å². The summed E-state index contributed by atoms with van der Waals surface area (Å²) in [7, 11) is 2.18. The number of hydrogen-bond donors (Lipinski definition) is 1. The molecule has 1 aliphatic rings. The van der Waals surface area contributed by atoms with Gasteiger partial charge in [-0.25, -0.2) is 0 Å². The molecule has 19 heavy (non-hydrogen) atoms. The molecule has 0 amide bonds. The Morgan fingerprint density at radius 3 is 2.79 bits per heavy atom. The van der Waals surface area contributed by atoms with Crippen LogP contribution in [0.4, 0.5) is 5.69 Å². The summed E-state index contributed by atoms with van der Waals surface area (Å²) in [4.78, 5) is 4.88. The van der Waals surface area contributed by atoms with Crippen LogP contribution in [0.5, 0.6) is 0 Å². The van der Waals surface area contributed by atoms with Crippen molar-refractivity contribution in [2.75, 3.05) is 31.6 Å². The number of likely N-dealkylation sites (N-methyl/N-ethyl adjacent to an activating group) is 1. The number of aryl methyl sites for hydroxylation is 1. The van der Waals surface area contributed by atoms with Gasteiger partial charge in [-0.15, -0.1) is 0 Å². The number of anilines is 1. The molecular formula is C15H24BrN3. The number of benzene rings is 1. The van der Waals surface area contributed by atoms with Crippen molar-refractivity contribution < 1.29 is 0 Å². The maximum Gasteiger partial charge on any atom is 0.0542 e. The zero-order chi connectivity index (χ0) is 14.0. The van der Waals surface area contributed by atoms with E-state index in [9.17, 15) is 0 Å². The highest BCUT2D eigenvalue weighted by Crippen LogP contribution is 2.32. The third kappa shape index (κ3) is 3.30. The van der Waals surface area contributed by atoms with Gasteiger partial charge in [-0.2, -0.15) is 0 Å². The van der Waals surface area contributed by atoms with Crippen molar-refractivity contribution in [1.82, 2.24) is 4.90 Å². The fourth-order valence-corrected chi connectivity index (χ4v) is 3.59. The molecule has 1 aliphatic heterocycles. The molecule has 1 aromatic carbocycles. The molecule has 1 aromatic rings. The van der Waals surface area contributed by atoms with Crippen LogP contribution in [0.15, 0.2) is 22.7 Å². The monoisotopic (exact) mass is 325 g/mol. The van der Waals surface area contributed by atoms with Crippen LogP contribution in [-0.2, 0) is 0 Å². The fraction of sp³-hybridized carbons (Fsp3) is 0.600. The van der Waals surface area contributed by atoms with Crippen LogP contribution in [-0.4, -0.2) is 43.7 Å². The summed E-state index contributed by atoms with van der Waals surface area (Å²) >= 11 is 3.71. The highest BCUT2D eigenvalue weighted by atomic mass is 79.9. The fourth-order valence-electron chi connectivity index (χ4n) is 2.89. The summed E-state index contributed by atoms with van der Waals surface area (Å²) in [5, 5.41) is 0. The zero-order valence-corrected chi connectivity index (χ0v) is 13.7. The molecule has 0 aliphatic carbocycles. The molecule has 0 aromatic heterocycles. The van der Waals surface area contributed by atoms with Crippen molar-refractivity contribution >= 4 is 21.6 Å². The van der Waals surface area contributed by atoms with E-state index in [1.807, 2.05) is 0 Å². The molecule has 1 heterocycles. The molecule has 3 nitrogen and oxygen atoms in total. The van der Waals surface area contributed by atoms with Crippen LogP contribution in [0, 0.1) is 6.92 Å². The van der Waals surface area contributed by atoms with Crippen LogP contribution in [0.3, 0.4) is 0 Å². The van der Waals surface area contributed by atoms with E-state index < -0.39 is 0 Å². The lowest BCUT2D eigenvalue weighted by atomic mass is 10.1. The number of hydrogen-bond acceptors (Lipinski definition) is 3. The van der Waals surface area contributed by atoms with Gasteiger partial charge in [0.1, 0.15) is 0 Å². The molecule has 2 unspecified atom stereocenters. The third-order valence-corrected chi connectivity index (χ3v) is 4.61. The highest BCUT2D eigenvalue weighted by Gasteiger charge is 2.28. The van der Waals surface area contributed by atoms with Crippen molar-refractivity contribution in [2.24, 2.45) is 5.73 Å². The van der Waals surface area contributed by atoms with E-state index in [1.165, 1.54) is 22.1 Å². The molecule has 0 radical (unpaired) electrons. The molecule has 0 bridgehead atoms. The van der Waals surface area contributed by atoms with Crippen molar-refractivity contribution in [1.29, 1.82) is 0 Å². The Bertz CT molecular complexity index is 435. The number of rotatable bonds is 2. The molecule has 2 rings (SSSR count). The SMILES string of the molecule is Cc1ccc(N2C(C)CCN(C)CC2CN)c(Br)c1. The molecule has 0 spiro atoms. The molecule has 2 N–H and O–H groups in total. The van der Waals surface area contributed by atoms with Crippen LogP contribution in [0.1, 0.15) is 18.9 Å². The average molecular weight is 326 g/mol. The van der Waals surface area contributed by atoms with Crippen molar-refractivity contribution in [3.05, 3.63) is 28.2 Å². The van der Waals surface area contributed by atoms with Crippen molar-refractivity contribution in [2.45, 2.75) is 32.4 Å². The predicted molar refractivity (Wildman–Crippen MR) is 85.8 cm³/mol. The van der Waals surface area contributed by atoms with Gasteiger partial charge in [0.25, 0.3) is 0 Å². The van der Waals surface area contributed by atoms with Gasteiger partial charge in [0, 0.05) is 23.6 Å². The second kappa shape index (κ2) is 6.25. The Hall–Kier alpha value is -0.580. The second-order valence-electron chi connectivity index (χ2n) is 5.65. The minimum atomic E-state index is 0.376. The summed E-state index contributed by atoms with van der Waals surface area (Å²) in [6.45, 7) is 7.27. The predicted octanol–water partition coefficient (Wildman–Crippen LogP) is 2.62. The van der Waals surface area contributed by atoms with E-state index in [0.717, 1.165) is 13.1 Å². The van der Waals surface area contributed by atoms with Gasteiger partial charge in [-0.1, -0.05) is 6.07 Å². The average Bonchev–Trinajstić information content (AvgIpc) is 2.50. The molecular weight excluding hydrogens is 302 g/mol. The van der Waals surface area contributed by atoms with E-state index in [1.54, 1.807) is 0 Å². The summed E-state index contributed by atoms with van der Waals surface area (Å²) in [5.74, 6) is 0. The number of nitrogens with zero attached hydrogens (tertiary/aromatic N) is 2. The van der Waals surface area contributed by atoms with Gasteiger partial charge in [0.05, 0.1) is 11.7 Å². The first-order valence-corrected chi connectivity index (χ1v) is 7.75. The van der Waals surface area contributed by atoms with Gasteiger partial charge < -0.3 is 15.5 Å². The molecule has 106 valence electrons. The highest BCUT2D eigenvalue weighted by molar-refractivity contribution is 9.10. The number of halogens is 1. The van der Waals surface area contributed by atoms with Crippen LogP contribution in [0.25, 0.3) is 0 Å². The summed E-state index contributed by atoms with van der Waals surface area (Å²) in [5.41, 5.74) is 8.57. The quantitative estimate of drug-likeness (QED) is 0.907. The summed E-state index contributed by atoms with van der Waals surface area (Å²) in [6.07, 6.45) is 1.17. The smallest absolute Gasteiger partial charge is 0.0542 e. The lowest BCUT2D eigenvalue weighted by molar-refractivity contribution is 0.332. The minimum Gasteiger partial charge on any atom is -0.362 e. The Labute approximate surface area is 124 Å². The van der Waals surface area contributed by atoms with E-state index in [-0.39, 0.29) is 0 Å². The topological polar surface area (TPSA) is 32.5 Å². The van der Waals surface area contributed by atoms with Crippen LogP contribution < -0.4 is 10.6 Å². The van der Waals surface area contributed by atoms with E-state index in [0.29, 0.717) is 18.6 Å². The maximum absolute atomic E-state index is 6.02. The van der Waals surface area contributed by atoms with E-state index >= 15 is 0 Å². The van der Waals surface area contributed by atoms with Gasteiger partial charge in [0.15, 0.2) is 0 Å². The summed E-state index contributed by atoms with van der Waals surface area (Å²) < 4.78 is 1.17. The normalized spacial score (nSPS) is 25.4. The molecule has 0 saturated carbocycles. The molecule has 1 saturated heterocycles. The second-order valence-corrected chi connectivity index (χ2v) is 6.51. The third-order valence-electron chi connectivity index (χ3n) is 3.97. The van der Waals surface area contributed by atoms with Gasteiger partial charge >= 0.3 is 0 Å².